The first-order chi connectivity index (χ1) is 42.5. The first-order valence-corrected chi connectivity index (χ1v) is 39.6. The molecule has 86 heavy (non-hydrogen) atoms. The lowest BCUT2D eigenvalue weighted by Gasteiger charge is -2.20. The number of rotatable bonds is 75. The molecule has 0 aromatic heterocycles. The van der Waals surface area contributed by atoms with E-state index in [4.69, 9.17) is 4.74 Å². The molecule has 0 radical (unpaired) electrons. The highest BCUT2D eigenvalue weighted by atomic mass is 16.5. The normalized spacial score (nSPS) is 12.6. The minimum absolute atomic E-state index is 0.0191. The number of carbonyl (C=O) groups excluding carboxylic acids is 2. The largest absolute Gasteiger partial charge is 0.466 e. The van der Waals surface area contributed by atoms with Crippen molar-refractivity contribution in [1.82, 2.24) is 5.32 Å². The number of nitrogens with one attached hydrogen (secondary N) is 1. The molecule has 0 aliphatic heterocycles. The van der Waals surface area contributed by atoms with E-state index in [0.29, 0.717) is 19.4 Å². The van der Waals surface area contributed by atoms with Crippen LogP contribution in [-0.4, -0.2) is 47.4 Å². The zero-order valence-electron chi connectivity index (χ0n) is 58.6. The summed E-state index contributed by atoms with van der Waals surface area (Å²) in [6.07, 6.45) is 97.3. The molecule has 1 amide bonds. The van der Waals surface area contributed by atoms with Gasteiger partial charge in [0.15, 0.2) is 0 Å². The van der Waals surface area contributed by atoms with Gasteiger partial charge in [-0.15, -0.1) is 0 Å². The highest BCUT2D eigenvalue weighted by Gasteiger charge is 2.18. The number of aliphatic hydroxyl groups excluding tert-OH is 2. The fourth-order valence-electron chi connectivity index (χ4n) is 12.7. The molecule has 0 saturated carbocycles. The van der Waals surface area contributed by atoms with Gasteiger partial charge in [0.1, 0.15) is 0 Å². The van der Waals surface area contributed by atoms with E-state index in [1.807, 2.05) is 6.08 Å². The Bertz CT molecular complexity index is 1350. The maximum atomic E-state index is 12.5. The zero-order valence-corrected chi connectivity index (χ0v) is 58.6. The Morgan fingerprint density at radius 3 is 0.826 bits per heavy atom. The van der Waals surface area contributed by atoms with Gasteiger partial charge in [0.05, 0.1) is 25.4 Å². The monoisotopic (exact) mass is 1210 g/mol. The predicted molar refractivity (Wildman–Crippen MR) is 380 cm³/mol. The third-order valence-corrected chi connectivity index (χ3v) is 18.7. The molecule has 0 heterocycles. The summed E-state index contributed by atoms with van der Waals surface area (Å²) in [6.45, 7) is 4.95. The Hall–Kier alpha value is -1.66. The van der Waals surface area contributed by atoms with Gasteiger partial charge in [-0.05, 0) is 57.8 Å². The molecule has 2 unspecified atom stereocenters. The van der Waals surface area contributed by atoms with Crippen molar-refractivity contribution in [1.29, 1.82) is 0 Å². The van der Waals surface area contributed by atoms with Crippen molar-refractivity contribution >= 4 is 11.9 Å². The molecule has 3 N–H and O–H groups in total. The number of amides is 1. The average molecular weight is 1210 g/mol. The van der Waals surface area contributed by atoms with Gasteiger partial charge in [-0.2, -0.15) is 0 Å². The van der Waals surface area contributed by atoms with Crippen LogP contribution in [0.3, 0.4) is 0 Å². The molecule has 0 aromatic carbocycles. The molecule has 6 nitrogen and oxygen atoms in total. The van der Waals surface area contributed by atoms with E-state index in [-0.39, 0.29) is 18.5 Å². The van der Waals surface area contributed by atoms with E-state index in [2.05, 4.69) is 31.3 Å². The molecule has 0 aromatic rings. The first kappa shape index (κ1) is 84.3. The summed E-state index contributed by atoms with van der Waals surface area (Å²) in [4.78, 5) is 24.6. The molecular weight excluding hydrogens is 1050 g/mol. The van der Waals surface area contributed by atoms with Crippen LogP contribution in [0.1, 0.15) is 450 Å². The quantitative estimate of drug-likeness (QED) is 0.0320. The Balaban J connectivity index is 3.33. The molecular formula is C80H155NO5. The highest BCUT2D eigenvalue weighted by molar-refractivity contribution is 5.76. The average Bonchev–Trinajstić information content (AvgIpc) is 3.54. The van der Waals surface area contributed by atoms with Crippen molar-refractivity contribution in [3.63, 3.8) is 0 Å². The van der Waals surface area contributed by atoms with Crippen molar-refractivity contribution in [2.24, 2.45) is 0 Å². The van der Waals surface area contributed by atoms with Gasteiger partial charge in [-0.3, -0.25) is 9.59 Å². The summed E-state index contributed by atoms with van der Waals surface area (Å²) >= 11 is 0. The third kappa shape index (κ3) is 71.4. The fourth-order valence-corrected chi connectivity index (χ4v) is 12.7. The Morgan fingerprint density at radius 2 is 0.547 bits per heavy atom. The molecule has 0 fully saturated rings. The van der Waals surface area contributed by atoms with Gasteiger partial charge < -0.3 is 20.3 Å². The predicted octanol–water partition coefficient (Wildman–Crippen LogP) is 26.0. The van der Waals surface area contributed by atoms with Crippen LogP contribution in [0.2, 0.25) is 0 Å². The summed E-state index contributed by atoms with van der Waals surface area (Å²) in [5, 5.41) is 23.3. The molecule has 510 valence electrons. The van der Waals surface area contributed by atoms with Crippen LogP contribution in [0.15, 0.2) is 24.3 Å². The maximum absolute atomic E-state index is 12.5. The van der Waals surface area contributed by atoms with Crippen molar-refractivity contribution < 1.29 is 24.5 Å². The molecule has 0 aliphatic rings. The van der Waals surface area contributed by atoms with Gasteiger partial charge in [0, 0.05) is 12.8 Å². The number of unbranched alkanes of at least 4 members (excludes halogenated alkanes) is 62. The number of carbonyl (C=O) groups is 2. The lowest BCUT2D eigenvalue weighted by atomic mass is 10.0. The molecule has 6 heteroatoms. The van der Waals surface area contributed by atoms with E-state index in [9.17, 15) is 19.8 Å². The number of esters is 1. The molecule has 0 spiro atoms. The third-order valence-electron chi connectivity index (χ3n) is 18.7. The van der Waals surface area contributed by atoms with Crippen molar-refractivity contribution in [2.45, 2.75) is 463 Å². The Labute approximate surface area is 539 Å². The van der Waals surface area contributed by atoms with Gasteiger partial charge in [-0.25, -0.2) is 0 Å². The van der Waals surface area contributed by atoms with Crippen LogP contribution in [0.4, 0.5) is 0 Å². The van der Waals surface area contributed by atoms with Crippen LogP contribution in [-0.2, 0) is 14.3 Å². The van der Waals surface area contributed by atoms with Crippen molar-refractivity contribution in [3.05, 3.63) is 24.3 Å². The van der Waals surface area contributed by atoms with Crippen LogP contribution >= 0.6 is 0 Å². The van der Waals surface area contributed by atoms with Gasteiger partial charge >= 0.3 is 5.97 Å². The Kier molecular flexibility index (Phi) is 74.3. The number of aliphatic hydroxyl groups is 2. The summed E-state index contributed by atoms with van der Waals surface area (Å²) in [6, 6.07) is -0.625. The van der Waals surface area contributed by atoms with Gasteiger partial charge in [0.25, 0.3) is 0 Å². The van der Waals surface area contributed by atoms with Gasteiger partial charge in [-0.1, -0.05) is 404 Å². The molecule has 0 aliphatic carbocycles. The summed E-state index contributed by atoms with van der Waals surface area (Å²) in [5.41, 5.74) is 0. The first-order valence-electron chi connectivity index (χ1n) is 39.6. The standard InChI is InChI=1S/C80H155NO5/c1-3-5-7-9-11-13-15-17-19-21-37-40-44-48-52-56-60-64-68-72-78(83)77(76-82)81-79(84)73-69-65-61-57-53-49-45-41-38-35-33-31-29-27-25-23-24-26-28-30-32-34-36-39-43-47-51-55-59-63-67-71-75-86-80(85)74-70-66-62-58-54-50-46-42-22-20-18-16-14-12-10-8-6-4-2/h20,22,68,72,77-78,82-83H,3-19,21,23-67,69-71,73-76H2,1-2H3,(H,81,84)/b22-20-,72-68+. The number of hydrogen-bond acceptors (Lipinski definition) is 5. The van der Waals surface area contributed by atoms with E-state index in [1.165, 1.54) is 379 Å². The van der Waals surface area contributed by atoms with E-state index in [1.54, 1.807) is 6.08 Å². The summed E-state index contributed by atoms with van der Waals surface area (Å²) < 4.78 is 5.51. The summed E-state index contributed by atoms with van der Waals surface area (Å²) in [7, 11) is 0. The molecule has 0 bridgehead atoms. The second-order valence-corrected chi connectivity index (χ2v) is 27.4. The second-order valence-electron chi connectivity index (χ2n) is 27.4. The lowest BCUT2D eigenvalue weighted by molar-refractivity contribution is -0.143. The smallest absolute Gasteiger partial charge is 0.305 e. The van der Waals surface area contributed by atoms with Gasteiger partial charge in [0.2, 0.25) is 5.91 Å². The SMILES string of the molecule is CCCCCCCCC/C=C\CCCCCCCCCC(=O)OCCCCCCCCCCCCCCCCCCCCCCCCCCCCCCCCCCC(=O)NC(CO)C(O)/C=C/CCCCCCCCCCCCCCCCCCC. The van der Waals surface area contributed by atoms with Crippen LogP contribution < -0.4 is 5.32 Å². The minimum Gasteiger partial charge on any atom is -0.466 e. The van der Waals surface area contributed by atoms with E-state index < -0.39 is 12.1 Å². The Morgan fingerprint density at radius 1 is 0.314 bits per heavy atom. The maximum Gasteiger partial charge on any atom is 0.305 e. The van der Waals surface area contributed by atoms with E-state index >= 15 is 0 Å². The number of ether oxygens (including phenoxy) is 1. The second kappa shape index (κ2) is 75.8. The highest BCUT2D eigenvalue weighted by Crippen LogP contribution is 2.20. The van der Waals surface area contributed by atoms with Crippen LogP contribution in [0.5, 0.6) is 0 Å². The minimum atomic E-state index is -0.842. The molecule has 2 atom stereocenters. The lowest BCUT2D eigenvalue weighted by Crippen LogP contribution is -2.45. The topological polar surface area (TPSA) is 95.9 Å². The fraction of sp³-hybridized carbons (Fsp3) is 0.925. The number of allylic oxidation sites excluding steroid dienone is 3. The zero-order chi connectivity index (χ0) is 62.0. The number of hydrogen-bond donors (Lipinski definition) is 3. The van der Waals surface area contributed by atoms with Crippen molar-refractivity contribution in [3.8, 4) is 0 Å². The molecule has 0 rings (SSSR count). The molecule has 0 saturated heterocycles. The van der Waals surface area contributed by atoms with Crippen LogP contribution in [0.25, 0.3) is 0 Å². The van der Waals surface area contributed by atoms with Crippen molar-refractivity contribution in [2.75, 3.05) is 13.2 Å². The van der Waals surface area contributed by atoms with Crippen LogP contribution in [0, 0.1) is 0 Å². The summed E-state index contributed by atoms with van der Waals surface area (Å²) in [5.74, 6) is -0.0400. The van der Waals surface area contributed by atoms with E-state index in [0.717, 1.165) is 44.9 Å².